The lowest BCUT2D eigenvalue weighted by Gasteiger charge is -1.94. The van der Waals surface area contributed by atoms with E-state index in [1.807, 2.05) is 6.92 Å². The van der Waals surface area contributed by atoms with E-state index in [-0.39, 0.29) is 6.04 Å². The third kappa shape index (κ3) is 2.17. The monoisotopic (exact) mass is 225 g/mol. The second-order valence-electron chi connectivity index (χ2n) is 3.13. The average molecular weight is 225 g/mol. The summed E-state index contributed by atoms with van der Waals surface area (Å²) >= 11 is 3.30. The van der Waals surface area contributed by atoms with Crippen molar-refractivity contribution in [3.05, 3.63) is 32.4 Å². The van der Waals surface area contributed by atoms with Gasteiger partial charge >= 0.3 is 0 Å². The summed E-state index contributed by atoms with van der Waals surface area (Å²) in [6.45, 7) is 1.93. The smallest absolute Gasteiger partial charge is 0.133 e. The van der Waals surface area contributed by atoms with Crippen LogP contribution in [0.5, 0.6) is 0 Å². The molecule has 0 aliphatic heterocycles. The molecule has 2 rings (SSSR count). The zero-order valence-corrected chi connectivity index (χ0v) is 9.44. The van der Waals surface area contributed by atoms with Gasteiger partial charge < -0.3 is 5.73 Å². The van der Waals surface area contributed by atoms with Crippen LogP contribution in [0.4, 0.5) is 0 Å². The molecule has 2 aromatic heterocycles. The van der Waals surface area contributed by atoms with E-state index in [0.717, 1.165) is 16.4 Å². The average Bonchev–Trinajstić information content (AvgIpc) is 2.75. The number of hydrogen-bond acceptors (Lipinski definition) is 5. The summed E-state index contributed by atoms with van der Waals surface area (Å²) in [5.74, 6) is 0. The minimum Gasteiger partial charge on any atom is -0.322 e. The molecule has 1 unspecified atom stereocenters. The second kappa shape index (κ2) is 4.16. The maximum Gasteiger partial charge on any atom is 0.133 e. The summed E-state index contributed by atoms with van der Waals surface area (Å²) < 4.78 is 0. The topological polar surface area (TPSA) is 51.8 Å². The highest BCUT2D eigenvalue weighted by Crippen LogP contribution is 2.19. The molecule has 0 fully saturated rings. The van der Waals surface area contributed by atoms with E-state index < -0.39 is 0 Å². The van der Waals surface area contributed by atoms with Crippen molar-refractivity contribution in [2.24, 2.45) is 5.73 Å². The summed E-state index contributed by atoms with van der Waals surface area (Å²) in [6.07, 6.45) is 0.869. The molecule has 3 nitrogen and oxygen atoms in total. The van der Waals surface area contributed by atoms with Crippen LogP contribution in [0, 0.1) is 0 Å². The molecule has 0 saturated carbocycles. The van der Waals surface area contributed by atoms with E-state index in [4.69, 9.17) is 5.73 Å². The molecule has 14 heavy (non-hydrogen) atoms. The van der Waals surface area contributed by atoms with Crippen LogP contribution < -0.4 is 5.73 Å². The largest absolute Gasteiger partial charge is 0.322 e. The Hall–Kier alpha value is -0.780. The SMILES string of the molecule is CC(N)c1nnc(Cc2ccsc2)s1. The summed E-state index contributed by atoms with van der Waals surface area (Å²) in [7, 11) is 0. The van der Waals surface area contributed by atoms with Crippen molar-refractivity contribution in [1.29, 1.82) is 0 Å². The van der Waals surface area contributed by atoms with Crippen molar-refractivity contribution in [3.63, 3.8) is 0 Å². The molecule has 0 aliphatic rings. The molecule has 1 atom stereocenters. The fraction of sp³-hybridized carbons (Fsp3) is 0.333. The second-order valence-corrected chi connectivity index (χ2v) is 5.00. The molecule has 2 heterocycles. The maximum atomic E-state index is 5.71. The third-order valence-corrected chi connectivity index (χ3v) is 3.66. The number of rotatable bonds is 3. The standard InChI is InChI=1S/C9H11N3S2/c1-6(10)9-12-11-8(14-9)4-7-2-3-13-5-7/h2-3,5-6H,4,10H2,1H3. The number of thiophene rings is 1. The zero-order valence-electron chi connectivity index (χ0n) is 7.80. The van der Waals surface area contributed by atoms with Crippen LogP contribution in [0.2, 0.25) is 0 Å². The predicted octanol–water partition coefficient (Wildman–Crippen LogP) is 2.21. The van der Waals surface area contributed by atoms with Gasteiger partial charge in [0.2, 0.25) is 0 Å². The molecule has 0 spiro atoms. The molecule has 0 saturated heterocycles. The Morgan fingerprint density at radius 1 is 1.50 bits per heavy atom. The first-order valence-corrected chi connectivity index (χ1v) is 6.10. The predicted molar refractivity (Wildman–Crippen MR) is 59.6 cm³/mol. The van der Waals surface area contributed by atoms with Gasteiger partial charge in [0.25, 0.3) is 0 Å². The lowest BCUT2D eigenvalue weighted by atomic mass is 10.3. The quantitative estimate of drug-likeness (QED) is 0.871. The molecule has 74 valence electrons. The Labute approximate surface area is 90.6 Å². The van der Waals surface area contributed by atoms with Gasteiger partial charge in [-0.25, -0.2) is 0 Å². The molecule has 0 aromatic carbocycles. The fourth-order valence-corrected chi connectivity index (χ4v) is 2.59. The van der Waals surface area contributed by atoms with E-state index in [2.05, 4.69) is 27.0 Å². The Morgan fingerprint density at radius 3 is 2.93 bits per heavy atom. The molecular weight excluding hydrogens is 214 g/mol. The molecule has 0 aliphatic carbocycles. The molecule has 0 radical (unpaired) electrons. The summed E-state index contributed by atoms with van der Waals surface area (Å²) in [5, 5.41) is 14.3. The summed E-state index contributed by atoms with van der Waals surface area (Å²) in [6, 6.07) is 2.10. The zero-order chi connectivity index (χ0) is 9.97. The molecule has 2 N–H and O–H groups in total. The fourth-order valence-electron chi connectivity index (χ4n) is 1.09. The van der Waals surface area contributed by atoms with Crippen molar-refractivity contribution in [3.8, 4) is 0 Å². The first-order valence-electron chi connectivity index (χ1n) is 4.34. The van der Waals surface area contributed by atoms with Crippen LogP contribution in [0.15, 0.2) is 16.8 Å². The normalized spacial score (nSPS) is 13.0. The van der Waals surface area contributed by atoms with Crippen LogP contribution in [-0.4, -0.2) is 10.2 Å². The third-order valence-electron chi connectivity index (χ3n) is 1.81. The first kappa shape index (κ1) is 9.76. The summed E-state index contributed by atoms with van der Waals surface area (Å²) in [5.41, 5.74) is 7.00. The van der Waals surface area contributed by atoms with E-state index in [9.17, 15) is 0 Å². The van der Waals surface area contributed by atoms with E-state index >= 15 is 0 Å². The first-order chi connectivity index (χ1) is 6.75. The van der Waals surface area contributed by atoms with Crippen molar-refractivity contribution in [2.75, 3.05) is 0 Å². The van der Waals surface area contributed by atoms with Gasteiger partial charge in [-0.05, 0) is 29.3 Å². The van der Waals surface area contributed by atoms with Gasteiger partial charge in [-0.2, -0.15) is 11.3 Å². The lowest BCUT2D eigenvalue weighted by Crippen LogP contribution is -2.03. The number of nitrogens with two attached hydrogens (primary N) is 1. The Morgan fingerprint density at radius 2 is 2.36 bits per heavy atom. The minimum absolute atomic E-state index is 0.0104. The van der Waals surface area contributed by atoms with E-state index in [1.165, 1.54) is 5.56 Å². The molecule has 2 aromatic rings. The van der Waals surface area contributed by atoms with Crippen LogP contribution in [0.25, 0.3) is 0 Å². The summed E-state index contributed by atoms with van der Waals surface area (Å²) in [4.78, 5) is 0. The van der Waals surface area contributed by atoms with Crippen molar-refractivity contribution >= 4 is 22.7 Å². The number of hydrogen-bond donors (Lipinski definition) is 1. The van der Waals surface area contributed by atoms with Crippen LogP contribution in [-0.2, 0) is 6.42 Å². The van der Waals surface area contributed by atoms with Gasteiger partial charge in [-0.1, -0.05) is 11.3 Å². The van der Waals surface area contributed by atoms with Gasteiger partial charge in [0.05, 0.1) is 6.04 Å². The minimum atomic E-state index is -0.0104. The van der Waals surface area contributed by atoms with Gasteiger partial charge in [0.1, 0.15) is 10.0 Å². The van der Waals surface area contributed by atoms with Gasteiger partial charge in [-0.15, -0.1) is 10.2 Å². The van der Waals surface area contributed by atoms with Gasteiger partial charge in [0.15, 0.2) is 0 Å². The number of aromatic nitrogens is 2. The van der Waals surface area contributed by atoms with E-state index in [1.54, 1.807) is 22.7 Å². The maximum absolute atomic E-state index is 5.71. The highest BCUT2D eigenvalue weighted by Gasteiger charge is 2.08. The number of nitrogens with zero attached hydrogens (tertiary/aromatic N) is 2. The van der Waals surface area contributed by atoms with Gasteiger partial charge in [-0.3, -0.25) is 0 Å². The molecule has 0 amide bonds. The van der Waals surface area contributed by atoms with E-state index in [0.29, 0.717) is 0 Å². The van der Waals surface area contributed by atoms with Crippen LogP contribution in [0.3, 0.4) is 0 Å². The Kier molecular flexibility index (Phi) is 2.90. The highest BCUT2D eigenvalue weighted by molar-refractivity contribution is 7.11. The van der Waals surface area contributed by atoms with Gasteiger partial charge in [0, 0.05) is 6.42 Å². The van der Waals surface area contributed by atoms with Crippen molar-refractivity contribution in [2.45, 2.75) is 19.4 Å². The molecule has 0 bridgehead atoms. The Bertz CT molecular complexity index is 392. The Balaban J connectivity index is 2.11. The van der Waals surface area contributed by atoms with Crippen molar-refractivity contribution < 1.29 is 0 Å². The van der Waals surface area contributed by atoms with Crippen molar-refractivity contribution in [1.82, 2.24) is 10.2 Å². The highest BCUT2D eigenvalue weighted by atomic mass is 32.1. The van der Waals surface area contributed by atoms with Crippen LogP contribution >= 0.6 is 22.7 Å². The molecular formula is C9H11N3S2. The van der Waals surface area contributed by atoms with Crippen LogP contribution in [0.1, 0.15) is 28.5 Å². The lowest BCUT2D eigenvalue weighted by molar-refractivity contribution is 0.783. The molecule has 5 heteroatoms.